The van der Waals surface area contributed by atoms with Crippen molar-refractivity contribution >= 4 is 38.7 Å². The van der Waals surface area contributed by atoms with Gasteiger partial charge in [-0.1, -0.05) is 16.8 Å². The Morgan fingerprint density at radius 1 is 1.48 bits per heavy atom. The van der Waals surface area contributed by atoms with Crippen molar-refractivity contribution in [3.63, 3.8) is 0 Å². The second-order valence-electron chi connectivity index (χ2n) is 5.64. The molecule has 1 atom stereocenters. The molecule has 2 heterocycles. The number of hydrogen-bond donors (Lipinski definition) is 0. The third-order valence-corrected chi connectivity index (χ3v) is 5.63. The van der Waals surface area contributed by atoms with Gasteiger partial charge in [-0.3, -0.25) is 9.78 Å². The smallest absolute Gasteiger partial charge is 0.277 e. The van der Waals surface area contributed by atoms with Crippen LogP contribution >= 0.6 is 11.6 Å². The van der Waals surface area contributed by atoms with Crippen LogP contribution in [0.4, 0.5) is 5.69 Å². The van der Waals surface area contributed by atoms with Gasteiger partial charge in [-0.05, 0) is 26.0 Å². The van der Waals surface area contributed by atoms with Crippen LogP contribution in [0.15, 0.2) is 35.9 Å². The number of anilines is 1. The van der Waals surface area contributed by atoms with Gasteiger partial charge < -0.3 is 9.74 Å². The number of oxime groups is 1. The summed E-state index contributed by atoms with van der Waals surface area (Å²) in [6, 6.07) is 3.52. The molecule has 0 aliphatic rings. The summed E-state index contributed by atoms with van der Waals surface area (Å²) in [5.41, 5.74) is 0.731. The molecule has 27 heavy (non-hydrogen) atoms. The van der Waals surface area contributed by atoms with Crippen LogP contribution in [0, 0.1) is 0 Å². The number of rotatable bonds is 7. The summed E-state index contributed by atoms with van der Waals surface area (Å²) < 4.78 is 25.3. The Labute approximate surface area is 162 Å². The van der Waals surface area contributed by atoms with Crippen molar-refractivity contribution in [2.24, 2.45) is 5.16 Å². The van der Waals surface area contributed by atoms with Crippen LogP contribution in [0.2, 0.25) is 5.15 Å². The fourth-order valence-electron chi connectivity index (χ4n) is 2.30. The Bertz CT molecular complexity index is 943. The fraction of sp³-hybridized carbons (Fsp3) is 0.375. The molecule has 0 spiro atoms. The summed E-state index contributed by atoms with van der Waals surface area (Å²) in [7, 11) is -2.32. The molecule has 2 rings (SSSR count). The minimum absolute atomic E-state index is 0.0813. The maximum absolute atomic E-state index is 13.0. The van der Waals surface area contributed by atoms with Gasteiger partial charge in [0.2, 0.25) is 0 Å². The number of halogens is 1. The number of sulfone groups is 1. The second-order valence-corrected chi connectivity index (χ2v) is 8.37. The number of hydrogen-bond acceptors (Lipinski definition) is 7. The molecule has 0 N–H and O–H groups in total. The summed E-state index contributed by atoms with van der Waals surface area (Å²) >= 11 is 6.23. The van der Waals surface area contributed by atoms with Crippen molar-refractivity contribution in [3.8, 4) is 5.69 Å². The minimum Gasteiger partial charge on any atom is -0.399 e. The van der Waals surface area contributed by atoms with Crippen LogP contribution in [0.3, 0.4) is 0 Å². The molecule has 0 aliphatic carbocycles. The van der Waals surface area contributed by atoms with Crippen LogP contribution in [0.1, 0.15) is 13.8 Å². The zero-order valence-electron chi connectivity index (χ0n) is 15.3. The van der Waals surface area contributed by atoms with Crippen molar-refractivity contribution in [2.45, 2.75) is 19.1 Å². The average molecular weight is 414 g/mol. The van der Waals surface area contributed by atoms with Gasteiger partial charge in [0.05, 0.1) is 18.1 Å². The normalized spacial score (nSPS) is 13.3. The third-order valence-electron chi connectivity index (χ3n) is 3.85. The topological polar surface area (TPSA) is 107 Å². The molecule has 11 heteroatoms. The largest absolute Gasteiger partial charge is 0.399 e. The number of aromatic nitrogens is 3. The molecule has 0 bridgehead atoms. The van der Waals surface area contributed by atoms with Gasteiger partial charge in [0, 0.05) is 19.0 Å². The van der Waals surface area contributed by atoms with E-state index in [-0.39, 0.29) is 17.4 Å². The third kappa shape index (κ3) is 4.64. The first-order valence-electron chi connectivity index (χ1n) is 7.98. The Kier molecular flexibility index (Phi) is 6.55. The van der Waals surface area contributed by atoms with E-state index in [1.807, 2.05) is 0 Å². The van der Waals surface area contributed by atoms with E-state index in [0.717, 1.165) is 6.26 Å². The summed E-state index contributed by atoms with van der Waals surface area (Å²) in [4.78, 5) is 23.0. The summed E-state index contributed by atoms with van der Waals surface area (Å²) in [6.07, 6.45) is 5.81. The lowest BCUT2D eigenvalue weighted by Crippen LogP contribution is -2.43. The first kappa shape index (κ1) is 20.8. The van der Waals surface area contributed by atoms with E-state index < -0.39 is 21.0 Å². The maximum Gasteiger partial charge on any atom is 0.277 e. The Morgan fingerprint density at radius 3 is 2.70 bits per heavy atom. The molecule has 2 aromatic heterocycles. The molecule has 0 aromatic carbocycles. The van der Waals surface area contributed by atoms with Crippen LogP contribution in [-0.4, -0.2) is 60.0 Å². The highest BCUT2D eigenvalue weighted by Crippen LogP contribution is 2.26. The zero-order valence-corrected chi connectivity index (χ0v) is 16.9. The lowest BCUT2D eigenvalue weighted by Gasteiger charge is -2.22. The SMILES string of the molecule is CCN(C(=O)C(=NOC)C(C)S(C)(=O)=O)c1cn(-c2cccnc2)nc1Cl. The van der Waals surface area contributed by atoms with E-state index in [2.05, 4.69) is 15.2 Å². The maximum atomic E-state index is 13.0. The highest BCUT2D eigenvalue weighted by molar-refractivity contribution is 7.92. The van der Waals surface area contributed by atoms with E-state index in [0.29, 0.717) is 11.4 Å². The molecule has 146 valence electrons. The van der Waals surface area contributed by atoms with Crippen LogP contribution in [-0.2, 0) is 19.5 Å². The highest BCUT2D eigenvalue weighted by atomic mass is 35.5. The Morgan fingerprint density at radius 2 is 2.19 bits per heavy atom. The Hall–Kier alpha value is -2.46. The van der Waals surface area contributed by atoms with Gasteiger partial charge in [0.25, 0.3) is 5.91 Å². The van der Waals surface area contributed by atoms with E-state index in [1.165, 1.54) is 23.6 Å². The second kappa shape index (κ2) is 8.49. The molecule has 0 aliphatic heterocycles. The number of carbonyl (C=O) groups excluding carboxylic acids is 1. The van der Waals surface area contributed by atoms with Gasteiger partial charge in [0.15, 0.2) is 20.7 Å². The Balaban J connectivity index is 2.45. The molecular formula is C16H20ClN5O4S. The van der Waals surface area contributed by atoms with Crippen LogP contribution < -0.4 is 4.90 Å². The van der Waals surface area contributed by atoms with E-state index in [9.17, 15) is 13.2 Å². The van der Waals surface area contributed by atoms with Crippen molar-refractivity contribution in [1.82, 2.24) is 14.8 Å². The van der Waals surface area contributed by atoms with E-state index >= 15 is 0 Å². The number of carbonyl (C=O) groups is 1. The zero-order chi connectivity index (χ0) is 20.2. The predicted octanol–water partition coefficient (Wildman–Crippen LogP) is 1.71. The van der Waals surface area contributed by atoms with Gasteiger partial charge in [-0.15, -0.1) is 0 Å². The molecule has 1 amide bonds. The number of pyridine rings is 1. The molecule has 0 radical (unpaired) electrons. The lowest BCUT2D eigenvalue weighted by molar-refractivity contribution is -0.112. The summed E-state index contributed by atoms with van der Waals surface area (Å²) in [6.45, 7) is 3.32. The van der Waals surface area contributed by atoms with Crippen molar-refractivity contribution in [3.05, 3.63) is 35.9 Å². The highest BCUT2D eigenvalue weighted by Gasteiger charge is 2.33. The summed E-state index contributed by atoms with van der Waals surface area (Å²) in [5.74, 6) is -0.634. The molecule has 0 saturated carbocycles. The minimum atomic E-state index is -3.56. The standard InChI is InChI=1S/C16H20ClN5O4S/c1-5-21(16(23)14(20-26-3)11(2)27(4,24)25)13-10-22(19-15(13)17)12-7-6-8-18-9-12/h6-11H,5H2,1-4H3. The summed E-state index contributed by atoms with van der Waals surface area (Å²) in [5, 5.41) is 6.77. The van der Waals surface area contributed by atoms with E-state index in [1.54, 1.807) is 37.6 Å². The molecule has 0 saturated heterocycles. The average Bonchev–Trinajstić information content (AvgIpc) is 3.01. The van der Waals surface area contributed by atoms with Crippen LogP contribution in [0.25, 0.3) is 5.69 Å². The van der Waals surface area contributed by atoms with Gasteiger partial charge in [0.1, 0.15) is 18.0 Å². The quantitative estimate of drug-likeness (QED) is 0.505. The van der Waals surface area contributed by atoms with Crippen molar-refractivity contribution in [1.29, 1.82) is 0 Å². The number of amides is 1. The van der Waals surface area contributed by atoms with E-state index in [4.69, 9.17) is 16.4 Å². The van der Waals surface area contributed by atoms with Gasteiger partial charge in [-0.2, -0.15) is 5.10 Å². The molecular weight excluding hydrogens is 394 g/mol. The fourth-order valence-corrected chi connectivity index (χ4v) is 3.08. The first-order valence-corrected chi connectivity index (χ1v) is 10.3. The first-order chi connectivity index (χ1) is 12.7. The van der Waals surface area contributed by atoms with Crippen molar-refractivity contribution < 1.29 is 18.0 Å². The molecule has 0 fully saturated rings. The molecule has 2 aromatic rings. The molecule has 9 nitrogen and oxygen atoms in total. The van der Waals surface area contributed by atoms with Crippen molar-refractivity contribution in [2.75, 3.05) is 24.8 Å². The molecule has 1 unspecified atom stereocenters. The lowest BCUT2D eigenvalue weighted by atomic mass is 10.2. The van der Waals surface area contributed by atoms with Gasteiger partial charge >= 0.3 is 0 Å². The predicted molar refractivity (Wildman–Crippen MR) is 103 cm³/mol. The monoisotopic (exact) mass is 413 g/mol. The number of nitrogens with zero attached hydrogens (tertiary/aromatic N) is 5. The van der Waals surface area contributed by atoms with Gasteiger partial charge in [-0.25, -0.2) is 13.1 Å². The van der Waals surface area contributed by atoms with Crippen LogP contribution in [0.5, 0.6) is 0 Å².